The number of carbonyl (C=O) groups excluding carboxylic acids is 1. The Morgan fingerprint density at radius 3 is 2.75 bits per heavy atom. The summed E-state index contributed by atoms with van der Waals surface area (Å²) in [7, 11) is 1.89. The summed E-state index contributed by atoms with van der Waals surface area (Å²) in [5.74, 6) is 1.10. The molecule has 1 saturated heterocycles. The predicted molar refractivity (Wildman–Crippen MR) is 110 cm³/mol. The number of anilines is 1. The molecule has 0 aromatic carbocycles. The lowest BCUT2D eigenvalue weighted by Gasteiger charge is -2.35. The second-order valence-electron chi connectivity index (χ2n) is 7.60. The number of nitrogens with zero attached hydrogens (tertiary/aromatic N) is 6. The van der Waals surface area contributed by atoms with Gasteiger partial charge in [0.15, 0.2) is 5.65 Å². The number of piperazine rings is 1. The van der Waals surface area contributed by atoms with Crippen LogP contribution in [-0.2, 0) is 19.9 Å². The van der Waals surface area contributed by atoms with Crippen LogP contribution in [0.1, 0.15) is 39.4 Å². The third-order valence-electron chi connectivity index (χ3n) is 5.83. The molecule has 0 unspecified atom stereocenters. The average molecular weight is 397 g/mol. The van der Waals surface area contributed by atoms with E-state index in [9.17, 15) is 4.79 Å². The van der Waals surface area contributed by atoms with E-state index in [0.29, 0.717) is 13.1 Å². The molecular weight excluding hydrogens is 372 g/mol. The number of fused-ring (bicyclic) bond motifs is 2. The first-order chi connectivity index (χ1) is 13.7. The minimum atomic E-state index is 0.187. The van der Waals surface area contributed by atoms with E-state index in [4.69, 9.17) is 0 Å². The van der Waals surface area contributed by atoms with Crippen LogP contribution in [0.3, 0.4) is 0 Å². The summed E-state index contributed by atoms with van der Waals surface area (Å²) in [5, 5.41) is 5.26. The van der Waals surface area contributed by atoms with Crippen LogP contribution in [-0.4, -0.2) is 56.7 Å². The van der Waals surface area contributed by atoms with Crippen molar-refractivity contribution in [3.63, 3.8) is 0 Å². The Bertz CT molecular complexity index is 994. The van der Waals surface area contributed by atoms with Crippen LogP contribution in [0.5, 0.6) is 0 Å². The van der Waals surface area contributed by atoms with Gasteiger partial charge >= 0.3 is 0 Å². The van der Waals surface area contributed by atoms with Gasteiger partial charge in [0.1, 0.15) is 12.1 Å². The third-order valence-corrected chi connectivity index (χ3v) is 7.06. The summed E-state index contributed by atoms with van der Waals surface area (Å²) < 4.78 is 1.76. The fraction of sp³-hybridized carbons (Fsp3) is 0.500. The molecule has 28 heavy (non-hydrogen) atoms. The Labute approximate surface area is 168 Å². The smallest absolute Gasteiger partial charge is 0.264 e. The molecule has 8 heteroatoms. The molecule has 0 atom stereocenters. The standard InChI is InChI=1S/C20H24N6OS/c1-24-18-15(12-23-24)19(22-13-21-18)25-7-9-26(10-8-25)20(27)17-11-14-5-3-2-4-6-16(14)28-17/h11-13H,2-10H2,1H3. The Balaban J connectivity index is 1.30. The molecule has 3 aromatic heterocycles. The topological polar surface area (TPSA) is 67.2 Å². The molecule has 3 aromatic rings. The van der Waals surface area contributed by atoms with Crippen molar-refractivity contribution in [1.82, 2.24) is 24.6 Å². The predicted octanol–water partition coefficient (Wildman–Crippen LogP) is 2.66. The molecule has 0 radical (unpaired) electrons. The van der Waals surface area contributed by atoms with Gasteiger partial charge in [-0.25, -0.2) is 9.97 Å². The zero-order valence-corrected chi connectivity index (χ0v) is 16.9. The summed E-state index contributed by atoms with van der Waals surface area (Å²) >= 11 is 1.72. The summed E-state index contributed by atoms with van der Waals surface area (Å²) in [6.07, 6.45) is 9.48. The number of thiophene rings is 1. The molecule has 146 valence electrons. The van der Waals surface area contributed by atoms with Crippen LogP contribution in [0.25, 0.3) is 11.0 Å². The highest BCUT2D eigenvalue weighted by Crippen LogP contribution is 2.30. The molecule has 1 aliphatic heterocycles. The highest BCUT2D eigenvalue weighted by Gasteiger charge is 2.26. The van der Waals surface area contributed by atoms with Gasteiger partial charge in [0, 0.05) is 38.1 Å². The highest BCUT2D eigenvalue weighted by atomic mass is 32.1. The lowest BCUT2D eigenvalue weighted by molar-refractivity contribution is 0.0751. The maximum Gasteiger partial charge on any atom is 0.264 e. The molecular formula is C20H24N6OS. The normalized spacial score (nSPS) is 17.6. The fourth-order valence-corrected chi connectivity index (χ4v) is 5.47. The van der Waals surface area contributed by atoms with Gasteiger partial charge in [-0.2, -0.15) is 5.10 Å². The molecule has 1 amide bonds. The Kier molecular flexibility index (Phi) is 4.50. The van der Waals surface area contributed by atoms with Crippen LogP contribution in [0, 0.1) is 0 Å². The van der Waals surface area contributed by atoms with Crippen LogP contribution in [0.2, 0.25) is 0 Å². The number of aryl methyl sites for hydroxylation is 3. The molecule has 0 N–H and O–H groups in total. The maximum atomic E-state index is 13.0. The lowest BCUT2D eigenvalue weighted by atomic mass is 10.1. The van der Waals surface area contributed by atoms with E-state index in [1.165, 1.54) is 29.7 Å². The van der Waals surface area contributed by atoms with Gasteiger partial charge in [-0.05, 0) is 37.3 Å². The average Bonchev–Trinajstić information content (AvgIpc) is 3.24. The Hall–Kier alpha value is -2.48. The second kappa shape index (κ2) is 7.16. The molecule has 1 fully saturated rings. The van der Waals surface area contributed by atoms with Gasteiger partial charge < -0.3 is 9.80 Å². The summed E-state index contributed by atoms with van der Waals surface area (Å²) in [6.45, 7) is 2.98. The first kappa shape index (κ1) is 17.6. The molecule has 7 nitrogen and oxygen atoms in total. The minimum Gasteiger partial charge on any atom is -0.352 e. The lowest BCUT2D eigenvalue weighted by Crippen LogP contribution is -2.49. The van der Waals surface area contributed by atoms with Crippen molar-refractivity contribution in [2.24, 2.45) is 7.05 Å². The zero-order chi connectivity index (χ0) is 19.1. The number of rotatable bonds is 2. The molecule has 1 aliphatic carbocycles. The van der Waals surface area contributed by atoms with Crippen molar-refractivity contribution >= 4 is 34.1 Å². The van der Waals surface area contributed by atoms with Crippen molar-refractivity contribution in [1.29, 1.82) is 0 Å². The number of aromatic nitrogens is 4. The summed E-state index contributed by atoms with van der Waals surface area (Å²) in [5.41, 5.74) is 2.24. The summed E-state index contributed by atoms with van der Waals surface area (Å²) in [6, 6.07) is 2.16. The van der Waals surface area contributed by atoms with Crippen molar-refractivity contribution in [3.05, 3.63) is 33.9 Å². The molecule has 0 saturated carbocycles. The quantitative estimate of drug-likeness (QED) is 0.623. The number of hydrogen-bond acceptors (Lipinski definition) is 6. The van der Waals surface area contributed by atoms with Crippen molar-refractivity contribution in [2.75, 3.05) is 31.1 Å². The Morgan fingerprint density at radius 2 is 1.89 bits per heavy atom. The first-order valence-corrected chi connectivity index (χ1v) is 10.8. The van der Waals surface area contributed by atoms with E-state index in [0.717, 1.165) is 47.7 Å². The van der Waals surface area contributed by atoms with E-state index >= 15 is 0 Å². The van der Waals surface area contributed by atoms with Gasteiger partial charge in [0.2, 0.25) is 0 Å². The first-order valence-electron chi connectivity index (χ1n) is 9.99. The minimum absolute atomic E-state index is 0.187. The largest absolute Gasteiger partial charge is 0.352 e. The van der Waals surface area contributed by atoms with Crippen molar-refractivity contribution < 1.29 is 4.79 Å². The Morgan fingerprint density at radius 1 is 1.07 bits per heavy atom. The SMILES string of the molecule is Cn1ncc2c(N3CCN(C(=O)c4cc5c(s4)CCCCC5)CC3)ncnc21. The monoisotopic (exact) mass is 396 g/mol. The molecule has 2 aliphatic rings. The molecule has 4 heterocycles. The molecule has 5 rings (SSSR count). The van der Waals surface area contributed by atoms with Gasteiger partial charge in [-0.15, -0.1) is 11.3 Å². The van der Waals surface area contributed by atoms with E-state index in [2.05, 4.69) is 26.0 Å². The number of hydrogen-bond donors (Lipinski definition) is 0. The van der Waals surface area contributed by atoms with Crippen molar-refractivity contribution in [3.8, 4) is 0 Å². The zero-order valence-electron chi connectivity index (χ0n) is 16.1. The highest BCUT2D eigenvalue weighted by molar-refractivity contribution is 7.14. The van der Waals surface area contributed by atoms with Crippen LogP contribution < -0.4 is 4.90 Å². The molecule has 0 bridgehead atoms. The third kappa shape index (κ3) is 3.05. The number of carbonyl (C=O) groups is 1. The van der Waals surface area contributed by atoms with E-state index in [1.54, 1.807) is 22.3 Å². The van der Waals surface area contributed by atoms with Crippen LogP contribution >= 0.6 is 11.3 Å². The van der Waals surface area contributed by atoms with Gasteiger partial charge in [0.05, 0.1) is 16.5 Å². The fourth-order valence-electron chi connectivity index (χ4n) is 4.25. The number of amides is 1. The van der Waals surface area contributed by atoms with Gasteiger partial charge in [-0.1, -0.05) is 6.42 Å². The van der Waals surface area contributed by atoms with E-state index in [-0.39, 0.29) is 5.91 Å². The summed E-state index contributed by atoms with van der Waals surface area (Å²) in [4.78, 5) is 28.4. The van der Waals surface area contributed by atoms with E-state index in [1.807, 2.05) is 18.1 Å². The van der Waals surface area contributed by atoms with Gasteiger partial charge in [-0.3, -0.25) is 9.48 Å². The van der Waals surface area contributed by atoms with E-state index < -0.39 is 0 Å². The second-order valence-corrected chi connectivity index (χ2v) is 8.74. The molecule has 0 spiro atoms. The van der Waals surface area contributed by atoms with Crippen LogP contribution in [0.15, 0.2) is 18.6 Å². The van der Waals surface area contributed by atoms with Gasteiger partial charge in [0.25, 0.3) is 5.91 Å². The maximum absolute atomic E-state index is 13.0. The van der Waals surface area contributed by atoms with Crippen molar-refractivity contribution in [2.45, 2.75) is 32.1 Å². The van der Waals surface area contributed by atoms with Crippen LogP contribution in [0.4, 0.5) is 5.82 Å².